The first-order valence-corrected chi connectivity index (χ1v) is 14.2. The first-order valence-electron chi connectivity index (χ1n) is 11.7. The Bertz CT molecular complexity index is 1220. The molecule has 2 N–H and O–H groups in total. The number of carbonyl (C=O) groups is 2. The molecule has 16 heteroatoms. The highest BCUT2D eigenvalue weighted by Crippen LogP contribution is 2.56. The fraction of sp³-hybridized carbons (Fsp3) is 0.682. The molecule has 3 rings (SSSR count). The van der Waals surface area contributed by atoms with E-state index in [4.69, 9.17) is 33.5 Å². The Kier molecular flexibility index (Phi) is 9.10. The highest BCUT2D eigenvalue weighted by atomic mass is 127. The van der Waals surface area contributed by atoms with E-state index >= 15 is 0 Å². The number of hydrogen-bond acceptors (Lipinski definition) is 13. The number of esters is 2. The number of nitrogens with two attached hydrogens (primary N) is 1. The molecule has 3 heterocycles. The van der Waals surface area contributed by atoms with E-state index in [1.54, 1.807) is 46.1 Å². The van der Waals surface area contributed by atoms with Crippen molar-refractivity contribution < 1.29 is 41.9 Å². The maximum Gasteiger partial charge on any atom is 0.475 e. The van der Waals surface area contributed by atoms with Gasteiger partial charge >= 0.3 is 19.8 Å². The second-order valence-corrected chi connectivity index (χ2v) is 13.0. The van der Waals surface area contributed by atoms with E-state index in [-0.39, 0.29) is 5.82 Å². The van der Waals surface area contributed by atoms with Crippen LogP contribution in [0.15, 0.2) is 6.33 Å². The lowest BCUT2D eigenvalue weighted by molar-refractivity contribution is -0.165. The molecule has 14 nitrogen and oxygen atoms in total. The van der Waals surface area contributed by atoms with Crippen LogP contribution in [-0.2, 0) is 41.9 Å². The summed E-state index contributed by atoms with van der Waals surface area (Å²) in [7, 11) is -4.14. The Morgan fingerprint density at radius 1 is 1.05 bits per heavy atom. The first kappa shape index (κ1) is 30.6. The number of imidazole rings is 1. The maximum atomic E-state index is 13.6. The lowest BCUT2D eigenvalue weighted by Crippen LogP contribution is -2.40. The lowest BCUT2D eigenvalue weighted by Gasteiger charge is -2.31. The minimum atomic E-state index is -4.14. The molecule has 1 saturated heterocycles. The number of nitrogen functional groups attached to an aromatic ring is 1. The van der Waals surface area contributed by atoms with Gasteiger partial charge in [-0.3, -0.25) is 27.7 Å². The summed E-state index contributed by atoms with van der Waals surface area (Å²) in [6.45, 7) is 12.2. The van der Waals surface area contributed by atoms with Crippen molar-refractivity contribution in [3.63, 3.8) is 0 Å². The Labute approximate surface area is 234 Å². The molecule has 1 aliphatic rings. The standard InChI is InChI=1S/C22H33IN5O9P/c1-11(29)33-15-13(9-32-38(31,36-21(3,4)5)37-22(6,7)8)35-19(16(15)34-12(2)30)28-18-14(27-20(28)23)17(24)25-10-26-18/h10,13,15-16,19H,9H2,1-8H3,(H2,24,25,26)/t13-,15-,16-,19-/m1/s1. The number of rotatable bonds is 8. The number of fused-ring (bicyclic) bond motifs is 1. The summed E-state index contributed by atoms with van der Waals surface area (Å²) in [4.78, 5) is 36.7. The average Bonchev–Trinajstić information content (AvgIpc) is 3.21. The summed E-state index contributed by atoms with van der Waals surface area (Å²) < 4.78 is 49.9. The maximum absolute atomic E-state index is 13.6. The largest absolute Gasteiger partial charge is 0.475 e. The number of halogens is 1. The monoisotopic (exact) mass is 669 g/mol. The molecule has 1 aliphatic heterocycles. The molecule has 0 amide bonds. The fourth-order valence-corrected chi connectivity index (χ4v) is 6.29. The molecule has 0 saturated carbocycles. The molecular formula is C22H33IN5O9P. The molecule has 0 aromatic carbocycles. The van der Waals surface area contributed by atoms with Crippen LogP contribution < -0.4 is 5.73 Å². The highest BCUT2D eigenvalue weighted by Gasteiger charge is 2.52. The number of aromatic nitrogens is 4. The third-order valence-corrected chi connectivity index (χ3v) is 7.54. The van der Waals surface area contributed by atoms with Gasteiger partial charge in [-0.1, -0.05) is 0 Å². The van der Waals surface area contributed by atoms with Crippen LogP contribution >= 0.6 is 30.4 Å². The van der Waals surface area contributed by atoms with E-state index < -0.39 is 62.1 Å². The number of ether oxygens (including phenoxy) is 3. The van der Waals surface area contributed by atoms with Gasteiger partial charge in [0.2, 0.25) is 0 Å². The van der Waals surface area contributed by atoms with E-state index in [2.05, 4.69) is 15.0 Å². The number of phosphoric acid groups is 1. The molecule has 2 aromatic rings. The topological polar surface area (TPSA) is 176 Å². The molecular weight excluding hydrogens is 636 g/mol. The highest BCUT2D eigenvalue weighted by molar-refractivity contribution is 14.1. The molecule has 0 spiro atoms. The van der Waals surface area contributed by atoms with Gasteiger partial charge in [-0.05, 0) is 41.5 Å². The SMILES string of the molecule is CC(=O)O[C@@H]1[C@H](OC(C)=O)[C@@H](COP(=O)(OC(C)(C)C)OC(C)(C)C)O[C@H]1n1c(I)nc2c(N)ncnc21. The Balaban J connectivity index is 2.02. The van der Waals surface area contributed by atoms with Gasteiger partial charge in [-0.15, -0.1) is 0 Å². The first-order chi connectivity index (χ1) is 17.4. The summed E-state index contributed by atoms with van der Waals surface area (Å²) in [6, 6.07) is 0. The second kappa shape index (κ2) is 11.3. The van der Waals surface area contributed by atoms with Crippen LogP contribution in [0.25, 0.3) is 11.2 Å². The summed E-state index contributed by atoms with van der Waals surface area (Å²) in [5.41, 5.74) is 4.84. The van der Waals surface area contributed by atoms with Crippen LogP contribution in [0.4, 0.5) is 5.82 Å². The number of phosphoric ester groups is 1. The van der Waals surface area contributed by atoms with Gasteiger partial charge in [0.15, 0.2) is 39.2 Å². The molecule has 38 heavy (non-hydrogen) atoms. The van der Waals surface area contributed by atoms with Crippen molar-refractivity contribution in [1.82, 2.24) is 19.5 Å². The van der Waals surface area contributed by atoms with Gasteiger partial charge in [-0.2, -0.15) is 0 Å². The third kappa shape index (κ3) is 7.60. The average molecular weight is 669 g/mol. The summed E-state index contributed by atoms with van der Waals surface area (Å²) >= 11 is 1.95. The molecule has 1 fully saturated rings. The van der Waals surface area contributed by atoms with Crippen molar-refractivity contribution in [3.8, 4) is 0 Å². The Morgan fingerprint density at radius 2 is 1.61 bits per heavy atom. The molecule has 4 atom stereocenters. The van der Waals surface area contributed by atoms with E-state index in [1.807, 2.05) is 22.6 Å². The summed E-state index contributed by atoms with van der Waals surface area (Å²) in [5.74, 6) is -1.16. The number of carbonyl (C=O) groups excluding carboxylic acids is 2. The molecule has 0 bridgehead atoms. The molecule has 0 aliphatic carbocycles. The normalized spacial score (nSPS) is 22.6. The molecule has 212 valence electrons. The van der Waals surface area contributed by atoms with Crippen molar-refractivity contribution in [2.75, 3.05) is 12.3 Å². The van der Waals surface area contributed by atoms with Gasteiger partial charge in [0.05, 0.1) is 17.8 Å². The Hall–Kier alpha value is -1.91. The van der Waals surface area contributed by atoms with Gasteiger partial charge in [0.1, 0.15) is 12.4 Å². The number of nitrogens with zero attached hydrogens (tertiary/aromatic N) is 4. The van der Waals surface area contributed by atoms with Crippen LogP contribution in [0.3, 0.4) is 0 Å². The summed E-state index contributed by atoms with van der Waals surface area (Å²) in [6.07, 6.45) is -3.14. The van der Waals surface area contributed by atoms with Crippen LogP contribution in [0.2, 0.25) is 0 Å². The zero-order chi connectivity index (χ0) is 28.6. The predicted molar refractivity (Wildman–Crippen MR) is 143 cm³/mol. The fourth-order valence-electron chi connectivity index (χ4n) is 3.73. The van der Waals surface area contributed by atoms with E-state index in [0.29, 0.717) is 15.0 Å². The van der Waals surface area contributed by atoms with Crippen LogP contribution in [0, 0.1) is 3.83 Å². The third-order valence-electron chi connectivity index (χ3n) is 4.77. The molecule has 0 unspecified atom stereocenters. The van der Waals surface area contributed by atoms with Crippen LogP contribution in [0.5, 0.6) is 0 Å². The predicted octanol–water partition coefficient (Wildman–Crippen LogP) is 3.53. The quantitative estimate of drug-likeness (QED) is 0.187. The van der Waals surface area contributed by atoms with Gasteiger partial charge in [0, 0.05) is 36.4 Å². The minimum absolute atomic E-state index is 0.143. The van der Waals surface area contributed by atoms with Crippen LogP contribution in [-0.4, -0.2) is 67.6 Å². The molecule has 2 aromatic heterocycles. The van der Waals surface area contributed by atoms with Crippen molar-refractivity contribution in [2.45, 2.75) is 91.1 Å². The summed E-state index contributed by atoms with van der Waals surface area (Å²) in [5, 5.41) is 0. The second-order valence-electron chi connectivity index (χ2n) is 10.5. The number of anilines is 1. The van der Waals surface area contributed by atoms with E-state index in [0.717, 1.165) is 0 Å². The minimum Gasteiger partial charge on any atom is -0.456 e. The molecule has 0 radical (unpaired) electrons. The zero-order valence-corrected chi connectivity index (χ0v) is 25.5. The Morgan fingerprint density at radius 3 is 2.13 bits per heavy atom. The van der Waals surface area contributed by atoms with Crippen molar-refractivity contribution in [1.29, 1.82) is 0 Å². The lowest BCUT2D eigenvalue weighted by atomic mass is 10.1. The van der Waals surface area contributed by atoms with E-state index in [9.17, 15) is 14.2 Å². The van der Waals surface area contributed by atoms with Crippen molar-refractivity contribution in [3.05, 3.63) is 10.2 Å². The van der Waals surface area contributed by atoms with Crippen molar-refractivity contribution >= 4 is 59.3 Å². The van der Waals surface area contributed by atoms with Gasteiger partial charge < -0.3 is 19.9 Å². The van der Waals surface area contributed by atoms with E-state index in [1.165, 1.54) is 20.2 Å². The van der Waals surface area contributed by atoms with Gasteiger partial charge in [0.25, 0.3) is 0 Å². The van der Waals surface area contributed by atoms with Crippen molar-refractivity contribution in [2.24, 2.45) is 0 Å². The smallest absolute Gasteiger partial charge is 0.456 e. The van der Waals surface area contributed by atoms with Gasteiger partial charge in [-0.25, -0.2) is 19.5 Å². The number of hydrogen-bond donors (Lipinski definition) is 1. The van der Waals surface area contributed by atoms with Crippen LogP contribution in [0.1, 0.15) is 61.6 Å². The zero-order valence-electron chi connectivity index (χ0n) is 22.5.